The fraction of sp³-hybridized carbons (Fsp3) is 0.267. The van der Waals surface area contributed by atoms with E-state index in [1.165, 1.54) is 11.1 Å². The molecule has 5 heteroatoms. The topological polar surface area (TPSA) is 80.5 Å². The number of hydrogen-bond acceptors (Lipinski definition) is 4. The van der Waals surface area contributed by atoms with E-state index in [-0.39, 0.29) is 5.92 Å². The summed E-state index contributed by atoms with van der Waals surface area (Å²) < 4.78 is 0. The molecule has 1 aliphatic rings. The van der Waals surface area contributed by atoms with Crippen LogP contribution in [0, 0.1) is 0 Å². The van der Waals surface area contributed by atoms with E-state index < -0.39 is 0 Å². The normalized spacial score (nSPS) is 18.1. The molecule has 0 saturated heterocycles. The summed E-state index contributed by atoms with van der Waals surface area (Å²) in [5.41, 5.74) is 10.1. The summed E-state index contributed by atoms with van der Waals surface area (Å²) in [6.45, 7) is 0. The van der Waals surface area contributed by atoms with Crippen LogP contribution in [0.3, 0.4) is 0 Å². The molecule has 0 aliphatic heterocycles. The van der Waals surface area contributed by atoms with Gasteiger partial charge in [0.2, 0.25) is 0 Å². The third kappa shape index (κ3) is 1.66. The lowest BCUT2D eigenvalue weighted by Crippen LogP contribution is -2.14. The number of rotatable bonds is 1. The molecule has 1 atom stereocenters. The van der Waals surface area contributed by atoms with Gasteiger partial charge in [0.25, 0.3) is 0 Å². The van der Waals surface area contributed by atoms with Crippen LogP contribution in [0.4, 0.5) is 5.82 Å². The molecule has 3 aromatic rings. The van der Waals surface area contributed by atoms with Gasteiger partial charge >= 0.3 is 0 Å². The minimum atomic E-state index is 0.225. The van der Waals surface area contributed by atoms with Gasteiger partial charge in [-0.25, -0.2) is 15.0 Å². The molecule has 0 spiro atoms. The van der Waals surface area contributed by atoms with Crippen molar-refractivity contribution in [3.8, 4) is 0 Å². The maximum Gasteiger partial charge on any atom is 0.183 e. The van der Waals surface area contributed by atoms with E-state index in [0.29, 0.717) is 11.5 Å². The van der Waals surface area contributed by atoms with E-state index in [0.717, 1.165) is 30.6 Å². The molecule has 4 rings (SSSR count). The van der Waals surface area contributed by atoms with Gasteiger partial charge in [0, 0.05) is 5.92 Å². The predicted molar refractivity (Wildman–Crippen MR) is 77.3 cm³/mol. The summed E-state index contributed by atoms with van der Waals surface area (Å²) in [5.74, 6) is 1.49. The number of aryl methyl sites for hydroxylation is 1. The van der Waals surface area contributed by atoms with E-state index >= 15 is 0 Å². The molecule has 20 heavy (non-hydrogen) atoms. The number of fused-ring (bicyclic) bond motifs is 2. The number of anilines is 1. The Morgan fingerprint density at radius 1 is 1.20 bits per heavy atom. The Bertz CT molecular complexity index is 777. The van der Waals surface area contributed by atoms with Crippen LogP contribution in [0.2, 0.25) is 0 Å². The summed E-state index contributed by atoms with van der Waals surface area (Å²) in [5, 5.41) is 0. The molecular formula is C15H15N5. The molecule has 0 bridgehead atoms. The van der Waals surface area contributed by atoms with Crippen LogP contribution in [0.1, 0.15) is 35.7 Å². The third-order valence-corrected chi connectivity index (χ3v) is 4.01. The van der Waals surface area contributed by atoms with Crippen molar-refractivity contribution in [3.63, 3.8) is 0 Å². The first-order chi connectivity index (χ1) is 9.83. The van der Waals surface area contributed by atoms with Gasteiger partial charge in [-0.3, -0.25) is 0 Å². The van der Waals surface area contributed by atoms with E-state index in [2.05, 4.69) is 44.2 Å². The Hall–Kier alpha value is -2.43. The average molecular weight is 265 g/mol. The second kappa shape index (κ2) is 4.30. The van der Waals surface area contributed by atoms with Crippen LogP contribution in [0.15, 0.2) is 30.6 Å². The Morgan fingerprint density at radius 3 is 3.05 bits per heavy atom. The van der Waals surface area contributed by atoms with E-state index in [1.54, 1.807) is 6.33 Å². The number of nitrogens with one attached hydrogen (secondary N) is 1. The van der Waals surface area contributed by atoms with E-state index in [4.69, 9.17) is 5.73 Å². The number of benzene rings is 1. The molecule has 1 aliphatic carbocycles. The summed E-state index contributed by atoms with van der Waals surface area (Å²) in [6.07, 6.45) is 4.96. The first kappa shape index (κ1) is 11.4. The molecule has 1 unspecified atom stereocenters. The highest BCUT2D eigenvalue weighted by atomic mass is 15.0. The average Bonchev–Trinajstić information content (AvgIpc) is 2.95. The fourth-order valence-corrected chi connectivity index (χ4v) is 3.05. The summed E-state index contributed by atoms with van der Waals surface area (Å²) >= 11 is 0. The van der Waals surface area contributed by atoms with Crippen LogP contribution in [0.25, 0.3) is 11.2 Å². The van der Waals surface area contributed by atoms with Gasteiger partial charge in [0.15, 0.2) is 11.5 Å². The number of nitrogens with zero attached hydrogens (tertiary/aromatic N) is 3. The summed E-state index contributed by atoms with van der Waals surface area (Å²) in [6, 6.07) is 8.53. The van der Waals surface area contributed by atoms with Crippen LogP contribution in [-0.4, -0.2) is 19.9 Å². The molecule has 0 amide bonds. The number of hydrogen-bond donors (Lipinski definition) is 2. The standard InChI is InChI=1S/C15H15N5/c16-13-12-15(18-8-17-12)20-14(19-13)11-7-3-5-9-4-1-2-6-10(9)11/h1-2,4,6,8,11H,3,5,7H2,(H3,16,17,18,19,20). The first-order valence-corrected chi connectivity index (χ1v) is 6.87. The second-order valence-electron chi connectivity index (χ2n) is 5.21. The highest BCUT2D eigenvalue weighted by Gasteiger charge is 2.24. The third-order valence-electron chi connectivity index (χ3n) is 4.01. The highest BCUT2D eigenvalue weighted by Crippen LogP contribution is 2.35. The lowest BCUT2D eigenvalue weighted by atomic mass is 9.82. The van der Waals surface area contributed by atoms with Gasteiger partial charge in [-0.05, 0) is 30.4 Å². The highest BCUT2D eigenvalue weighted by molar-refractivity contribution is 5.80. The zero-order valence-electron chi connectivity index (χ0n) is 11.0. The molecule has 0 saturated carbocycles. The maximum absolute atomic E-state index is 6.01. The Balaban J connectivity index is 1.87. The number of imidazole rings is 1. The molecule has 3 N–H and O–H groups in total. The minimum Gasteiger partial charge on any atom is -0.382 e. The maximum atomic E-state index is 6.01. The van der Waals surface area contributed by atoms with Gasteiger partial charge < -0.3 is 10.7 Å². The van der Waals surface area contributed by atoms with Crippen LogP contribution in [-0.2, 0) is 6.42 Å². The summed E-state index contributed by atoms with van der Waals surface area (Å²) in [4.78, 5) is 16.3. The quantitative estimate of drug-likeness (QED) is 0.708. The van der Waals surface area contributed by atoms with Crippen LogP contribution in [0.5, 0.6) is 0 Å². The zero-order valence-corrected chi connectivity index (χ0v) is 11.0. The molecule has 0 fully saturated rings. The predicted octanol–water partition coefficient (Wildman–Crippen LogP) is 2.40. The SMILES string of the molecule is Nc1nc(C2CCCc3ccccc32)nc2nc[nH]c12. The lowest BCUT2D eigenvalue weighted by molar-refractivity contribution is 0.592. The van der Waals surface area contributed by atoms with Gasteiger partial charge in [0.1, 0.15) is 11.3 Å². The molecule has 0 radical (unpaired) electrons. The molecule has 2 heterocycles. The van der Waals surface area contributed by atoms with Gasteiger partial charge in [-0.2, -0.15) is 0 Å². The van der Waals surface area contributed by atoms with Crippen molar-refractivity contribution in [2.75, 3.05) is 5.73 Å². The second-order valence-corrected chi connectivity index (χ2v) is 5.21. The Kier molecular flexibility index (Phi) is 2.45. The number of aromatic nitrogens is 4. The smallest absolute Gasteiger partial charge is 0.183 e. The fourth-order valence-electron chi connectivity index (χ4n) is 3.05. The van der Waals surface area contributed by atoms with Crippen LogP contribution >= 0.6 is 0 Å². The van der Waals surface area contributed by atoms with Crippen molar-refractivity contribution >= 4 is 17.0 Å². The largest absolute Gasteiger partial charge is 0.382 e. The monoisotopic (exact) mass is 265 g/mol. The van der Waals surface area contributed by atoms with Gasteiger partial charge in [-0.1, -0.05) is 24.3 Å². The Labute approximate surface area is 116 Å². The van der Waals surface area contributed by atoms with Crippen molar-refractivity contribution in [1.29, 1.82) is 0 Å². The van der Waals surface area contributed by atoms with Crippen LogP contribution < -0.4 is 5.73 Å². The molecule has 2 aromatic heterocycles. The zero-order chi connectivity index (χ0) is 13.5. The molecular weight excluding hydrogens is 250 g/mol. The molecule has 1 aromatic carbocycles. The van der Waals surface area contributed by atoms with Crippen molar-refractivity contribution in [3.05, 3.63) is 47.5 Å². The minimum absolute atomic E-state index is 0.225. The Morgan fingerprint density at radius 2 is 2.10 bits per heavy atom. The molecule has 5 nitrogen and oxygen atoms in total. The van der Waals surface area contributed by atoms with E-state index in [1.807, 2.05) is 0 Å². The number of nitrogens with two attached hydrogens (primary N) is 1. The van der Waals surface area contributed by atoms with Crippen molar-refractivity contribution in [1.82, 2.24) is 19.9 Å². The van der Waals surface area contributed by atoms with E-state index in [9.17, 15) is 0 Å². The first-order valence-electron chi connectivity index (χ1n) is 6.87. The number of H-pyrrole nitrogens is 1. The van der Waals surface area contributed by atoms with Crippen molar-refractivity contribution in [2.24, 2.45) is 0 Å². The van der Waals surface area contributed by atoms with Gasteiger partial charge in [-0.15, -0.1) is 0 Å². The number of aromatic amines is 1. The molecule has 100 valence electrons. The van der Waals surface area contributed by atoms with Crippen molar-refractivity contribution in [2.45, 2.75) is 25.2 Å². The number of nitrogen functional groups attached to an aromatic ring is 1. The van der Waals surface area contributed by atoms with Gasteiger partial charge in [0.05, 0.1) is 6.33 Å². The lowest BCUT2D eigenvalue weighted by Gasteiger charge is -2.24. The summed E-state index contributed by atoms with van der Waals surface area (Å²) in [7, 11) is 0. The van der Waals surface area contributed by atoms with Crippen molar-refractivity contribution < 1.29 is 0 Å².